The van der Waals surface area contributed by atoms with E-state index in [9.17, 15) is 0 Å². The minimum absolute atomic E-state index is 0.525. The number of hydrogen-bond acceptors (Lipinski definition) is 3. The standard InChI is InChI=1S/C12H12N2O/c1-2-4-11(5-3-1)8-15-9-12-6-7-13-10-14-12/h1-7,10H,8-9H2. The Hall–Kier alpha value is -1.74. The Balaban J connectivity index is 1.81. The first-order valence-electron chi connectivity index (χ1n) is 4.82. The van der Waals surface area contributed by atoms with Crippen molar-refractivity contribution >= 4 is 0 Å². The van der Waals surface area contributed by atoms with Crippen molar-refractivity contribution in [2.45, 2.75) is 13.2 Å². The lowest BCUT2D eigenvalue weighted by atomic mass is 10.2. The Morgan fingerprint density at radius 2 is 1.87 bits per heavy atom. The summed E-state index contributed by atoms with van der Waals surface area (Å²) in [6, 6.07) is 11.9. The first-order chi connectivity index (χ1) is 7.45. The van der Waals surface area contributed by atoms with E-state index in [0.29, 0.717) is 13.2 Å². The van der Waals surface area contributed by atoms with Gasteiger partial charge in [0.1, 0.15) is 6.33 Å². The van der Waals surface area contributed by atoms with Gasteiger partial charge >= 0.3 is 0 Å². The smallest absolute Gasteiger partial charge is 0.115 e. The van der Waals surface area contributed by atoms with Crippen LogP contribution in [-0.2, 0) is 18.0 Å². The van der Waals surface area contributed by atoms with Crippen LogP contribution in [0.5, 0.6) is 0 Å². The third-order valence-electron chi connectivity index (χ3n) is 2.00. The highest BCUT2D eigenvalue weighted by Crippen LogP contribution is 2.02. The molecule has 1 aromatic carbocycles. The predicted molar refractivity (Wildman–Crippen MR) is 57.0 cm³/mol. The molecule has 1 heterocycles. The van der Waals surface area contributed by atoms with Crippen molar-refractivity contribution in [3.63, 3.8) is 0 Å². The van der Waals surface area contributed by atoms with Crippen molar-refractivity contribution in [2.75, 3.05) is 0 Å². The summed E-state index contributed by atoms with van der Waals surface area (Å²) in [4.78, 5) is 7.92. The fraction of sp³-hybridized carbons (Fsp3) is 0.167. The predicted octanol–water partition coefficient (Wildman–Crippen LogP) is 2.19. The van der Waals surface area contributed by atoms with E-state index in [1.165, 1.54) is 11.9 Å². The van der Waals surface area contributed by atoms with Gasteiger partial charge in [-0.15, -0.1) is 0 Å². The van der Waals surface area contributed by atoms with Crippen molar-refractivity contribution in [1.29, 1.82) is 0 Å². The zero-order chi connectivity index (χ0) is 10.3. The monoisotopic (exact) mass is 200 g/mol. The van der Waals surface area contributed by atoms with E-state index in [1.54, 1.807) is 6.20 Å². The van der Waals surface area contributed by atoms with E-state index in [-0.39, 0.29) is 0 Å². The molecule has 0 atom stereocenters. The van der Waals surface area contributed by atoms with Crippen molar-refractivity contribution in [1.82, 2.24) is 9.97 Å². The molecule has 0 aliphatic rings. The first kappa shape index (κ1) is 9.80. The molecule has 3 nitrogen and oxygen atoms in total. The zero-order valence-corrected chi connectivity index (χ0v) is 8.34. The molecule has 0 unspecified atom stereocenters. The quantitative estimate of drug-likeness (QED) is 0.758. The summed E-state index contributed by atoms with van der Waals surface area (Å²) in [6.07, 6.45) is 3.25. The second-order valence-corrected chi connectivity index (χ2v) is 3.18. The molecule has 0 fully saturated rings. The maximum absolute atomic E-state index is 5.52. The Morgan fingerprint density at radius 3 is 2.60 bits per heavy atom. The van der Waals surface area contributed by atoms with Gasteiger partial charge in [-0.3, -0.25) is 0 Å². The van der Waals surface area contributed by atoms with Crippen LogP contribution in [0.1, 0.15) is 11.3 Å². The summed E-state index contributed by atoms with van der Waals surface area (Å²) in [6.45, 7) is 1.14. The molecular weight excluding hydrogens is 188 g/mol. The Kier molecular flexibility index (Phi) is 3.41. The molecule has 2 aromatic rings. The minimum Gasteiger partial charge on any atom is -0.370 e. The number of ether oxygens (including phenoxy) is 1. The summed E-state index contributed by atoms with van der Waals surface area (Å²) < 4.78 is 5.52. The molecule has 0 amide bonds. The number of rotatable bonds is 4. The third kappa shape index (κ3) is 3.14. The van der Waals surface area contributed by atoms with E-state index in [2.05, 4.69) is 9.97 Å². The van der Waals surface area contributed by atoms with Crippen LogP contribution in [0.25, 0.3) is 0 Å². The third-order valence-corrected chi connectivity index (χ3v) is 2.00. The average Bonchev–Trinajstić information content (AvgIpc) is 2.32. The molecule has 0 saturated carbocycles. The molecule has 15 heavy (non-hydrogen) atoms. The van der Waals surface area contributed by atoms with Gasteiger partial charge in [-0.1, -0.05) is 30.3 Å². The van der Waals surface area contributed by atoms with Gasteiger partial charge in [-0.25, -0.2) is 9.97 Å². The van der Waals surface area contributed by atoms with Gasteiger partial charge in [0.05, 0.1) is 18.9 Å². The summed E-state index contributed by atoms with van der Waals surface area (Å²) >= 11 is 0. The molecule has 0 spiro atoms. The van der Waals surface area contributed by atoms with Crippen molar-refractivity contribution in [3.8, 4) is 0 Å². The molecular formula is C12H12N2O. The molecule has 0 radical (unpaired) electrons. The summed E-state index contributed by atoms with van der Waals surface area (Å²) in [5.41, 5.74) is 2.08. The van der Waals surface area contributed by atoms with E-state index < -0.39 is 0 Å². The van der Waals surface area contributed by atoms with Crippen molar-refractivity contribution in [2.24, 2.45) is 0 Å². The van der Waals surface area contributed by atoms with Crippen molar-refractivity contribution in [3.05, 3.63) is 60.2 Å². The zero-order valence-electron chi connectivity index (χ0n) is 8.34. The highest BCUT2D eigenvalue weighted by atomic mass is 16.5. The van der Waals surface area contributed by atoms with E-state index in [4.69, 9.17) is 4.74 Å². The average molecular weight is 200 g/mol. The van der Waals surface area contributed by atoms with Gasteiger partial charge < -0.3 is 4.74 Å². The Labute approximate surface area is 88.8 Å². The van der Waals surface area contributed by atoms with Crippen LogP contribution in [0.2, 0.25) is 0 Å². The van der Waals surface area contributed by atoms with Gasteiger partial charge in [-0.05, 0) is 11.6 Å². The van der Waals surface area contributed by atoms with Crippen LogP contribution in [0.4, 0.5) is 0 Å². The molecule has 0 aliphatic heterocycles. The fourth-order valence-electron chi connectivity index (χ4n) is 1.25. The SMILES string of the molecule is c1ccc(COCc2ccncn2)cc1. The summed E-state index contributed by atoms with van der Waals surface area (Å²) in [5.74, 6) is 0. The van der Waals surface area contributed by atoms with Gasteiger partial charge in [-0.2, -0.15) is 0 Å². The van der Waals surface area contributed by atoms with Gasteiger partial charge in [0.25, 0.3) is 0 Å². The largest absolute Gasteiger partial charge is 0.370 e. The molecule has 0 bridgehead atoms. The molecule has 1 aromatic heterocycles. The van der Waals surface area contributed by atoms with Crippen LogP contribution in [-0.4, -0.2) is 9.97 Å². The normalized spacial score (nSPS) is 10.1. The molecule has 0 N–H and O–H groups in total. The topological polar surface area (TPSA) is 35.0 Å². The number of benzene rings is 1. The lowest BCUT2D eigenvalue weighted by molar-refractivity contribution is 0.104. The van der Waals surface area contributed by atoms with Crippen LogP contribution < -0.4 is 0 Å². The Bertz CT molecular complexity index is 349. The molecule has 76 valence electrons. The number of hydrogen-bond donors (Lipinski definition) is 0. The van der Waals surface area contributed by atoms with E-state index in [0.717, 1.165) is 5.69 Å². The second kappa shape index (κ2) is 5.22. The van der Waals surface area contributed by atoms with E-state index >= 15 is 0 Å². The second-order valence-electron chi connectivity index (χ2n) is 3.18. The first-order valence-corrected chi connectivity index (χ1v) is 4.82. The molecule has 0 saturated heterocycles. The minimum atomic E-state index is 0.525. The lowest BCUT2D eigenvalue weighted by Crippen LogP contribution is -1.96. The highest BCUT2D eigenvalue weighted by molar-refractivity contribution is 5.13. The fourth-order valence-corrected chi connectivity index (χ4v) is 1.25. The van der Waals surface area contributed by atoms with Crippen LogP contribution in [0.15, 0.2) is 48.9 Å². The summed E-state index contributed by atoms with van der Waals surface area (Å²) in [7, 11) is 0. The summed E-state index contributed by atoms with van der Waals surface area (Å²) in [5, 5.41) is 0. The van der Waals surface area contributed by atoms with Gasteiger partial charge in [0.2, 0.25) is 0 Å². The van der Waals surface area contributed by atoms with Gasteiger partial charge in [0.15, 0.2) is 0 Å². The Morgan fingerprint density at radius 1 is 1.00 bits per heavy atom. The number of aromatic nitrogens is 2. The molecule has 2 rings (SSSR count). The van der Waals surface area contributed by atoms with Crippen LogP contribution in [0.3, 0.4) is 0 Å². The maximum atomic E-state index is 5.52. The number of nitrogens with zero attached hydrogens (tertiary/aromatic N) is 2. The molecule has 3 heteroatoms. The van der Waals surface area contributed by atoms with Gasteiger partial charge in [0, 0.05) is 6.20 Å². The van der Waals surface area contributed by atoms with Crippen LogP contribution >= 0.6 is 0 Å². The van der Waals surface area contributed by atoms with Crippen molar-refractivity contribution < 1.29 is 4.74 Å². The maximum Gasteiger partial charge on any atom is 0.115 e. The van der Waals surface area contributed by atoms with Crippen LogP contribution in [0, 0.1) is 0 Å². The lowest BCUT2D eigenvalue weighted by Gasteiger charge is -2.03. The highest BCUT2D eigenvalue weighted by Gasteiger charge is 1.94. The molecule has 0 aliphatic carbocycles. The van der Waals surface area contributed by atoms with E-state index in [1.807, 2.05) is 36.4 Å².